The summed E-state index contributed by atoms with van der Waals surface area (Å²) in [6.07, 6.45) is 0. The number of rotatable bonds is 2. The zero-order valence-corrected chi connectivity index (χ0v) is 7.49. The molecular weight excluding hydrogens is 188 g/mol. The Kier molecular flexibility index (Phi) is 3.15. The number of benzene rings is 1. The van der Waals surface area contributed by atoms with Crippen LogP contribution in [0.4, 0.5) is 5.69 Å². The Balaban J connectivity index is 2.73. The maximum atomic E-state index is 11.1. The van der Waals surface area contributed by atoms with Gasteiger partial charge in [-0.2, -0.15) is 0 Å². The smallest absolute Gasteiger partial charge is 0.278 e. The van der Waals surface area contributed by atoms with Crippen LogP contribution in [0.25, 0.3) is 0 Å². The Labute approximate surface area is 80.4 Å². The van der Waals surface area contributed by atoms with Crippen LogP contribution in [0.1, 0.15) is 0 Å². The van der Waals surface area contributed by atoms with Crippen molar-refractivity contribution in [2.24, 2.45) is 11.0 Å². The Morgan fingerprint density at radius 1 is 1.46 bits per heavy atom. The summed E-state index contributed by atoms with van der Waals surface area (Å²) in [5.41, 5.74) is 7.68. The molecule has 68 valence electrons. The van der Waals surface area contributed by atoms with Crippen molar-refractivity contribution in [3.8, 4) is 0 Å². The minimum absolute atomic E-state index is 0.0446. The maximum Gasteiger partial charge on any atom is 0.278 e. The zero-order valence-electron chi connectivity index (χ0n) is 6.68. The predicted molar refractivity (Wildman–Crippen MR) is 52.1 cm³/mol. The first-order valence-electron chi connectivity index (χ1n) is 3.48. The summed E-state index contributed by atoms with van der Waals surface area (Å²) in [6.45, 7) is 0. The van der Waals surface area contributed by atoms with Crippen LogP contribution in [0, 0.1) is 5.21 Å². The molecular formula is C7H8N4OS. The molecule has 6 heteroatoms. The van der Waals surface area contributed by atoms with Gasteiger partial charge in [-0.15, -0.1) is 10.3 Å². The number of para-hydroxylation sites is 1. The number of hydrogen-bond donors (Lipinski definition) is 2. The summed E-state index contributed by atoms with van der Waals surface area (Å²) < 4.78 is 0. The van der Waals surface area contributed by atoms with E-state index in [9.17, 15) is 5.21 Å². The summed E-state index contributed by atoms with van der Waals surface area (Å²) in [5.74, 6) is 0. The van der Waals surface area contributed by atoms with Crippen molar-refractivity contribution in [1.82, 2.24) is 5.43 Å². The lowest BCUT2D eigenvalue weighted by molar-refractivity contribution is -0.446. The van der Waals surface area contributed by atoms with Gasteiger partial charge >= 0.3 is 0 Å². The highest BCUT2D eigenvalue weighted by Crippen LogP contribution is 2.08. The van der Waals surface area contributed by atoms with E-state index in [2.05, 4.69) is 22.9 Å². The lowest BCUT2D eigenvalue weighted by atomic mass is 10.3. The molecule has 0 aromatic heterocycles. The second-order valence-corrected chi connectivity index (χ2v) is 2.62. The Hall–Kier alpha value is -1.69. The number of nitrogens with one attached hydrogen (secondary N) is 1. The molecule has 1 rings (SSSR count). The van der Waals surface area contributed by atoms with Gasteiger partial charge in [0, 0.05) is 0 Å². The molecule has 13 heavy (non-hydrogen) atoms. The number of nitrogens with two attached hydrogens (primary N) is 1. The van der Waals surface area contributed by atoms with Gasteiger partial charge in [0.1, 0.15) is 0 Å². The fraction of sp³-hybridized carbons (Fsp3) is 0. The molecule has 0 amide bonds. The van der Waals surface area contributed by atoms with Crippen LogP contribution < -0.4 is 11.2 Å². The quantitative estimate of drug-likeness (QED) is 0.320. The van der Waals surface area contributed by atoms with Gasteiger partial charge in [0.15, 0.2) is 5.69 Å². The van der Waals surface area contributed by atoms with E-state index >= 15 is 0 Å². The molecule has 0 saturated heterocycles. The van der Waals surface area contributed by atoms with Gasteiger partial charge in [0.25, 0.3) is 5.11 Å². The van der Waals surface area contributed by atoms with Crippen molar-refractivity contribution in [3.05, 3.63) is 35.5 Å². The molecule has 0 unspecified atom stereocenters. The van der Waals surface area contributed by atoms with Gasteiger partial charge in [-0.1, -0.05) is 18.2 Å². The average Bonchev–Trinajstić information content (AvgIpc) is 2.15. The lowest BCUT2D eigenvalue weighted by Crippen LogP contribution is -2.25. The first kappa shape index (κ1) is 9.40. The Bertz CT molecular complexity index is 325. The van der Waals surface area contributed by atoms with E-state index in [1.165, 1.54) is 0 Å². The third-order valence-corrected chi connectivity index (χ3v) is 1.32. The molecule has 5 nitrogen and oxygen atoms in total. The molecule has 0 fully saturated rings. The first-order valence-corrected chi connectivity index (χ1v) is 3.89. The van der Waals surface area contributed by atoms with E-state index in [0.717, 1.165) is 0 Å². The molecule has 0 aliphatic heterocycles. The molecule has 1 aromatic carbocycles. The third kappa shape index (κ3) is 3.04. The number of nitrogens with zero attached hydrogens (tertiary/aromatic N) is 2. The van der Waals surface area contributed by atoms with Crippen molar-refractivity contribution in [3.63, 3.8) is 0 Å². The zero-order chi connectivity index (χ0) is 9.68. The molecule has 0 bridgehead atoms. The molecule has 0 radical (unpaired) electrons. The van der Waals surface area contributed by atoms with Crippen molar-refractivity contribution in [2.75, 3.05) is 0 Å². The molecule has 0 heterocycles. The topological polar surface area (TPSA) is 76.5 Å². The molecule has 3 N–H and O–H groups in total. The SMILES string of the molecule is NC(=S)NN=[N+]([O-])c1ccccc1. The molecule has 0 atom stereocenters. The van der Waals surface area contributed by atoms with Crippen molar-refractivity contribution >= 4 is 23.0 Å². The average molecular weight is 196 g/mol. The predicted octanol–water partition coefficient (Wildman–Crippen LogP) is 1.03. The monoisotopic (exact) mass is 196 g/mol. The highest BCUT2D eigenvalue weighted by atomic mass is 32.1. The summed E-state index contributed by atoms with van der Waals surface area (Å²) in [6, 6.07) is 8.51. The number of hydrogen-bond acceptors (Lipinski definition) is 3. The highest BCUT2D eigenvalue weighted by Gasteiger charge is 1.95. The molecule has 0 saturated carbocycles. The fourth-order valence-electron chi connectivity index (χ4n) is 0.708. The first-order chi connectivity index (χ1) is 6.20. The van der Waals surface area contributed by atoms with E-state index < -0.39 is 0 Å². The van der Waals surface area contributed by atoms with Crippen LogP contribution in [-0.2, 0) is 0 Å². The van der Waals surface area contributed by atoms with Crippen molar-refractivity contribution in [2.45, 2.75) is 0 Å². The summed E-state index contributed by atoms with van der Waals surface area (Å²) in [4.78, 5) is 0.402. The largest absolute Gasteiger partial charge is 0.691 e. The standard InChI is InChI=1S/C7H8N4OS/c8-7(13)9-10-11(12)6-4-2-1-3-5-6/h1-5H,(H3,8,9,13). The van der Waals surface area contributed by atoms with Gasteiger partial charge < -0.3 is 10.9 Å². The van der Waals surface area contributed by atoms with Crippen LogP contribution in [0.3, 0.4) is 0 Å². The second-order valence-electron chi connectivity index (χ2n) is 2.18. The summed E-state index contributed by atoms with van der Waals surface area (Å²) in [7, 11) is 0. The number of thiocarbonyl (C=S) groups is 1. The molecule has 0 spiro atoms. The van der Waals surface area contributed by atoms with E-state index in [4.69, 9.17) is 5.73 Å². The lowest BCUT2D eigenvalue weighted by Gasteiger charge is -2.03. The van der Waals surface area contributed by atoms with E-state index in [1.807, 2.05) is 0 Å². The Morgan fingerprint density at radius 3 is 2.62 bits per heavy atom. The highest BCUT2D eigenvalue weighted by molar-refractivity contribution is 7.80. The second kappa shape index (κ2) is 4.36. The summed E-state index contributed by atoms with van der Waals surface area (Å²) >= 11 is 4.47. The van der Waals surface area contributed by atoms with Crippen molar-refractivity contribution in [1.29, 1.82) is 0 Å². The van der Waals surface area contributed by atoms with Gasteiger partial charge in [-0.05, 0) is 24.4 Å². The molecule has 1 aromatic rings. The summed E-state index contributed by atoms with van der Waals surface area (Å²) in [5, 5.41) is 14.4. The van der Waals surface area contributed by atoms with Crippen LogP contribution in [0.5, 0.6) is 0 Å². The minimum Gasteiger partial charge on any atom is -0.691 e. The van der Waals surface area contributed by atoms with Gasteiger partial charge in [-0.3, -0.25) is 0 Å². The normalized spacial score (nSPS) is 10.9. The van der Waals surface area contributed by atoms with Gasteiger partial charge in [0.2, 0.25) is 0 Å². The van der Waals surface area contributed by atoms with E-state index in [-0.39, 0.29) is 5.11 Å². The van der Waals surface area contributed by atoms with Crippen molar-refractivity contribution < 1.29 is 4.86 Å². The van der Waals surface area contributed by atoms with Gasteiger partial charge in [-0.25, -0.2) is 0 Å². The third-order valence-electron chi connectivity index (χ3n) is 1.23. The minimum atomic E-state index is -0.0446. The van der Waals surface area contributed by atoms with E-state index in [0.29, 0.717) is 10.5 Å². The van der Waals surface area contributed by atoms with E-state index in [1.54, 1.807) is 30.3 Å². The van der Waals surface area contributed by atoms with Crippen LogP contribution in [-0.4, -0.2) is 9.97 Å². The maximum absolute atomic E-state index is 11.1. The molecule has 0 aliphatic rings. The van der Waals surface area contributed by atoms with Crippen LogP contribution >= 0.6 is 12.2 Å². The molecule has 0 aliphatic carbocycles. The van der Waals surface area contributed by atoms with Gasteiger partial charge in [0.05, 0.1) is 5.22 Å². The Morgan fingerprint density at radius 2 is 2.08 bits per heavy atom. The fourth-order valence-corrected chi connectivity index (χ4v) is 0.749. The van der Waals surface area contributed by atoms with Crippen LogP contribution in [0.15, 0.2) is 35.6 Å². The van der Waals surface area contributed by atoms with Crippen LogP contribution in [0.2, 0.25) is 0 Å².